The lowest BCUT2D eigenvalue weighted by molar-refractivity contribution is -0.136. The first kappa shape index (κ1) is 11.8. The summed E-state index contributed by atoms with van der Waals surface area (Å²) in [6, 6.07) is 0. The second-order valence-corrected chi connectivity index (χ2v) is 5.17. The molecule has 0 unspecified atom stereocenters. The van der Waals surface area contributed by atoms with Crippen LogP contribution in [0, 0.1) is 5.41 Å². The molecule has 1 N–H and O–H groups in total. The number of carbonyl (C=O) groups excluding carboxylic acids is 2. The van der Waals surface area contributed by atoms with Gasteiger partial charge in [0.15, 0.2) is 0 Å². The molecular weight excluding hydrogens is 224 g/mol. The van der Waals surface area contributed by atoms with Gasteiger partial charge in [-0.2, -0.15) is 12.6 Å². The zero-order chi connectivity index (χ0) is 11.6. The van der Waals surface area contributed by atoms with E-state index in [0.29, 0.717) is 19.5 Å². The highest BCUT2D eigenvalue weighted by atomic mass is 32.1. The van der Waals surface area contributed by atoms with E-state index in [2.05, 4.69) is 17.9 Å². The third-order valence-corrected chi connectivity index (χ3v) is 4.10. The van der Waals surface area contributed by atoms with Crippen molar-refractivity contribution in [2.45, 2.75) is 25.7 Å². The maximum absolute atomic E-state index is 12.0. The molecule has 16 heavy (non-hydrogen) atoms. The van der Waals surface area contributed by atoms with E-state index in [1.54, 1.807) is 4.90 Å². The van der Waals surface area contributed by atoms with Crippen molar-refractivity contribution in [1.82, 2.24) is 10.2 Å². The van der Waals surface area contributed by atoms with Gasteiger partial charge in [-0.1, -0.05) is 0 Å². The number of nitrogens with one attached hydrogen (secondary N) is 1. The first-order valence-electron chi connectivity index (χ1n) is 5.81. The number of thiol groups is 1. The summed E-state index contributed by atoms with van der Waals surface area (Å²) in [5, 5.41) is 2.77. The van der Waals surface area contributed by atoms with Crippen molar-refractivity contribution in [2.75, 3.05) is 25.4 Å². The largest absolute Gasteiger partial charge is 0.354 e. The van der Waals surface area contributed by atoms with Crippen LogP contribution in [0.3, 0.4) is 0 Å². The summed E-state index contributed by atoms with van der Waals surface area (Å²) in [7, 11) is 0. The van der Waals surface area contributed by atoms with E-state index >= 15 is 0 Å². The highest BCUT2D eigenvalue weighted by molar-refractivity contribution is 7.80. The Hall–Kier alpha value is -0.710. The van der Waals surface area contributed by atoms with Crippen LogP contribution < -0.4 is 5.32 Å². The first-order chi connectivity index (χ1) is 7.65. The molecule has 1 saturated carbocycles. The maximum atomic E-state index is 12.0. The number of nitrogens with zero attached hydrogens (tertiary/aromatic N) is 1. The lowest BCUT2D eigenvalue weighted by Gasteiger charge is -2.21. The summed E-state index contributed by atoms with van der Waals surface area (Å²) in [6.45, 7) is 1.60. The molecule has 0 aromatic carbocycles. The summed E-state index contributed by atoms with van der Waals surface area (Å²) in [4.78, 5) is 25.0. The van der Waals surface area contributed by atoms with Gasteiger partial charge in [-0.25, -0.2) is 0 Å². The zero-order valence-corrected chi connectivity index (χ0v) is 10.3. The molecule has 0 bridgehead atoms. The molecule has 0 aromatic heterocycles. The van der Waals surface area contributed by atoms with Crippen molar-refractivity contribution in [2.24, 2.45) is 5.41 Å². The molecule has 2 amide bonds. The fourth-order valence-electron chi connectivity index (χ4n) is 2.02. The van der Waals surface area contributed by atoms with E-state index in [1.807, 2.05) is 0 Å². The zero-order valence-electron chi connectivity index (χ0n) is 9.37. The van der Waals surface area contributed by atoms with Gasteiger partial charge in [0.2, 0.25) is 11.8 Å². The number of hydrogen-bond acceptors (Lipinski definition) is 3. The van der Waals surface area contributed by atoms with Gasteiger partial charge < -0.3 is 10.2 Å². The normalized spacial score (nSPS) is 23.6. The summed E-state index contributed by atoms with van der Waals surface area (Å²) in [5.74, 6) is 0.851. The van der Waals surface area contributed by atoms with Gasteiger partial charge in [-0.3, -0.25) is 9.59 Å². The molecule has 4 nitrogen and oxygen atoms in total. The van der Waals surface area contributed by atoms with Gasteiger partial charge >= 0.3 is 0 Å². The smallest absolute Gasteiger partial charge is 0.239 e. The van der Waals surface area contributed by atoms with Gasteiger partial charge in [0.05, 0.1) is 6.54 Å². The van der Waals surface area contributed by atoms with E-state index < -0.39 is 0 Å². The SMILES string of the molecule is O=C1CN(C(=O)CC2(CS)CC2)CCCN1. The van der Waals surface area contributed by atoms with Gasteiger partial charge in [-0.15, -0.1) is 0 Å². The molecule has 90 valence electrons. The molecule has 0 aromatic rings. The van der Waals surface area contributed by atoms with E-state index in [9.17, 15) is 9.59 Å². The molecule has 1 aliphatic heterocycles. The Labute approximate surface area is 101 Å². The highest BCUT2D eigenvalue weighted by Crippen LogP contribution is 2.49. The van der Waals surface area contributed by atoms with Crippen LogP contribution in [0.4, 0.5) is 0 Å². The van der Waals surface area contributed by atoms with Crippen LogP contribution in [-0.4, -0.2) is 42.1 Å². The van der Waals surface area contributed by atoms with Crippen LogP contribution in [-0.2, 0) is 9.59 Å². The Kier molecular flexibility index (Phi) is 3.42. The lowest BCUT2D eigenvalue weighted by atomic mass is 10.0. The average Bonchev–Trinajstić information content (AvgIpc) is 3.04. The predicted octanol–water partition coefficient (Wildman–Crippen LogP) is 0.435. The monoisotopic (exact) mass is 242 g/mol. The third-order valence-electron chi connectivity index (χ3n) is 3.43. The Bertz CT molecular complexity index is 302. The average molecular weight is 242 g/mol. The molecule has 0 atom stereocenters. The highest BCUT2D eigenvalue weighted by Gasteiger charge is 2.43. The fourth-order valence-corrected chi connectivity index (χ4v) is 2.45. The number of rotatable bonds is 3. The second kappa shape index (κ2) is 4.65. The second-order valence-electron chi connectivity index (χ2n) is 4.85. The molecule has 1 aliphatic carbocycles. The van der Waals surface area contributed by atoms with Crippen LogP contribution in [0.2, 0.25) is 0 Å². The Morgan fingerprint density at radius 2 is 2.25 bits per heavy atom. The van der Waals surface area contributed by atoms with E-state index in [4.69, 9.17) is 0 Å². The fraction of sp³-hybridized carbons (Fsp3) is 0.818. The Balaban J connectivity index is 1.90. The summed E-state index contributed by atoms with van der Waals surface area (Å²) in [6.07, 6.45) is 3.61. The minimum Gasteiger partial charge on any atom is -0.354 e. The van der Waals surface area contributed by atoms with Crippen molar-refractivity contribution in [3.8, 4) is 0 Å². The molecule has 5 heteroatoms. The molecule has 0 radical (unpaired) electrons. The minimum absolute atomic E-state index is 0.0402. The van der Waals surface area contributed by atoms with Crippen molar-refractivity contribution in [3.63, 3.8) is 0 Å². The van der Waals surface area contributed by atoms with Crippen LogP contribution in [0.1, 0.15) is 25.7 Å². The summed E-state index contributed by atoms with van der Waals surface area (Å²) < 4.78 is 0. The predicted molar refractivity (Wildman–Crippen MR) is 64.3 cm³/mol. The van der Waals surface area contributed by atoms with Crippen molar-refractivity contribution < 1.29 is 9.59 Å². The summed E-state index contributed by atoms with van der Waals surface area (Å²) in [5.41, 5.74) is 0.142. The Morgan fingerprint density at radius 3 is 2.88 bits per heavy atom. The quantitative estimate of drug-likeness (QED) is 0.705. The van der Waals surface area contributed by atoms with Gasteiger partial charge in [0, 0.05) is 19.5 Å². The van der Waals surface area contributed by atoms with Crippen LogP contribution in [0.25, 0.3) is 0 Å². The van der Waals surface area contributed by atoms with Crippen molar-refractivity contribution in [3.05, 3.63) is 0 Å². The van der Waals surface area contributed by atoms with Crippen molar-refractivity contribution in [1.29, 1.82) is 0 Å². The first-order valence-corrected chi connectivity index (χ1v) is 6.44. The van der Waals surface area contributed by atoms with Gasteiger partial charge in [0.25, 0.3) is 0 Å². The van der Waals surface area contributed by atoms with Gasteiger partial charge in [-0.05, 0) is 30.4 Å². The minimum atomic E-state index is -0.0402. The van der Waals surface area contributed by atoms with E-state index in [-0.39, 0.29) is 23.8 Å². The maximum Gasteiger partial charge on any atom is 0.239 e. The standard InChI is InChI=1S/C11H18N2O2S/c14-9-7-13(5-1-4-12-9)10(15)6-11(8-16)2-3-11/h16H,1-8H2,(H,12,14). The molecule has 2 fully saturated rings. The Morgan fingerprint density at radius 1 is 1.50 bits per heavy atom. The van der Waals surface area contributed by atoms with Gasteiger partial charge in [0.1, 0.15) is 0 Å². The van der Waals surface area contributed by atoms with Crippen LogP contribution in [0.15, 0.2) is 0 Å². The van der Waals surface area contributed by atoms with E-state index in [1.165, 1.54) is 0 Å². The lowest BCUT2D eigenvalue weighted by Crippen LogP contribution is -2.38. The van der Waals surface area contributed by atoms with Crippen LogP contribution in [0.5, 0.6) is 0 Å². The molecule has 1 heterocycles. The molecule has 0 spiro atoms. The molecule has 2 aliphatic rings. The van der Waals surface area contributed by atoms with E-state index in [0.717, 1.165) is 25.0 Å². The third kappa shape index (κ3) is 2.70. The number of hydrogen-bond donors (Lipinski definition) is 2. The number of amides is 2. The number of carbonyl (C=O) groups is 2. The van der Waals surface area contributed by atoms with Crippen LogP contribution >= 0.6 is 12.6 Å². The molecule has 1 saturated heterocycles. The molecule has 2 rings (SSSR count). The summed E-state index contributed by atoms with van der Waals surface area (Å²) >= 11 is 4.29. The van der Waals surface area contributed by atoms with Crippen molar-refractivity contribution >= 4 is 24.4 Å². The molecular formula is C11H18N2O2S. The topological polar surface area (TPSA) is 49.4 Å².